The second-order valence-electron chi connectivity index (χ2n) is 8.81. The van der Waals surface area contributed by atoms with Gasteiger partial charge in [-0.15, -0.1) is 4.68 Å². The topological polar surface area (TPSA) is 35.4 Å². The summed E-state index contributed by atoms with van der Waals surface area (Å²) in [6, 6.07) is 10.9. The van der Waals surface area contributed by atoms with Crippen LogP contribution >= 0.6 is 0 Å². The third-order valence-corrected chi connectivity index (χ3v) is 6.50. The van der Waals surface area contributed by atoms with Crippen LogP contribution in [0.2, 0.25) is 0 Å². The number of nitrogens with one attached hydrogen (secondary N) is 1. The fourth-order valence-corrected chi connectivity index (χ4v) is 4.80. The predicted octanol–water partition coefficient (Wildman–Crippen LogP) is 4.73. The molecule has 30 heavy (non-hydrogen) atoms. The molecule has 156 valence electrons. The fourth-order valence-electron chi connectivity index (χ4n) is 4.80. The monoisotopic (exact) mass is 403 g/mol. The normalized spacial score (nSPS) is 16.0. The van der Waals surface area contributed by atoms with Crippen molar-refractivity contribution in [3.8, 4) is 17.0 Å². The zero-order valence-electron chi connectivity index (χ0n) is 18.6. The van der Waals surface area contributed by atoms with Crippen molar-refractivity contribution < 1.29 is 9.42 Å². The summed E-state index contributed by atoms with van der Waals surface area (Å²) in [4.78, 5) is 4.78. The number of ether oxygens (including phenoxy) is 1. The molecule has 2 aliphatic rings. The molecule has 0 amide bonds. The molecule has 0 unspecified atom stereocenters. The van der Waals surface area contributed by atoms with Crippen LogP contribution in [0.15, 0.2) is 36.4 Å². The van der Waals surface area contributed by atoms with Crippen molar-refractivity contribution in [1.29, 1.82) is 0 Å². The van der Waals surface area contributed by atoms with Gasteiger partial charge in [-0.1, -0.05) is 32.0 Å². The van der Waals surface area contributed by atoms with Crippen molar-refractivity contribution in [3.05, 3.63) is 42.0 Å². The van der Waals surface area contributed by atoms with Crippen LogP contribution in [0.1, 0.15) is 33.3 Å². The van der Waals surface area contributed by atoms with E-state index < -0.39 is 0 Å². The number of para-hydroxylation sites is 1. The molecule has 0 aliphatic carbocycles. The van der Waals surface area contributed by atoms with Gasteiger partial charge in [0.1, 0.15) is 22.4 Å². The average Bonchev–Trinajstić information content (AvgIpc) is 3.09. The minimum Gasteiger partial charge on any atom is -0.483 e. The van der Waals surface area contributed by atoms with E-state index in [0.29, 0.717) is 0 Å². The molecule has 0 saturated carbocycles. The largest absolute Gasteiger partial charge is 0.483 e. The van der Waals surface area contributed by atoms with Crippen LogP contribution < -0.4 is 14.3 Å². The summed E-state index contributed by atoms with van der Waals surface area (Å²) in [7, 11) is 2.16. The molecule has 2 aromatic carbocycles. The maximum Gasteiger partial charge on any atom is 0.244 e. The zero-order valence-corrected chi connectivity index (χ0v) is 18.6. The van der Waals surface area contributed by atoms with Gasteiger partial charge < -0.3 is 9.64 Å². The summed E-state index contributed by atoms with van der Waals surface area (Å²) in [5.41, 5.74) is 6.96. The highest BCUT2D eigenvalue weighted by molar-refractivity contribution is 6.12. The van der Waals surface area contributed by atoms with Crippen molar-refractivity contribution in [2.24, 2.45) is 0 Å². The summed E-state index contributed by atoms with van der Waals surface area (Å²) in [5.74, 6) is 0.957. The number of likely N-dealkylation sites (N-methyl/N-ethyl adjacent to an activating group) is 1. The lowest BCUT2D eigenvalue weighted by molar-refractivity contribution is -0.725. The van der Waals surface area contributed by atoms with E-state index in [0.717, 1.165) is 37.5 Å². The van der Waals surface area contributed by atoms with E-state index in [4.69, 9.17) is 4.74 Å². The van der Waals surface area contributed by atoms with Crippen molar-refractivity contribution >= 4 is 28.4 Å². The van der Waals surface area contributed by atoms with E-state index in [1.165, 1.54) is 33.5 Å². The smallest absolute Gasteiger partial charge is 0.244 e. The molecule has 5 nitrogen and oxygen atoms in total. The fraction of sp³-hybridized carbons (Fsp3) is 0.400. The molecule has 5 rings (SSSR count). The number of nitrogens with zero attached hydrogens (tertiary/aromatic N) is 3. The number of hydrogen-bond donors (Lipinski definition) is 1. The Labute approximate surface area is 178 Å². The van der Waals surface area contributed by atoms with Crippen LogP contribution in [-0.2, 0) is 6.54 Å². The quantitative estimate of drug-likeness (QED) is 0.626. The Morgan fingerprint density at radius 2 is 1.93 bits per heavy atom. The Morgan fingerprint density at radius 1 is 1.17 bits per heavy atom. The molecule has 0 bridgehead atoms. The maximum atomic E-state index is 6.41. The minimum absolute atomic E-state index is 0.302. The lowest BCUT2D eigenvalue weighted by Gasteiger charge is -2.33. The number of aromatic nitrogens is 2. The Balaban J connectivity index is 1.75. The standard InChI is InChI=1S/C25H30N4O/c1-6-28(7-2)14-15-29-20-16-21-18(12-13-25(3,4)30-21)24-22(20)23(26-29)17-10-8-9-11-19(17)27(24)5/h8-13,16H,6-7,14-15H2,1-5H3/p+1. The molecule has 3 aromatic rings. The predicted molar refractivity (Wildman–Crippen MR) is 124 cm³/mol. The highest BCUT2D eigenvalue weighted by Gasteiger charge is 2.35. The first-order chi connectivity index (χ1) is 14.4. The van der Waals surface area contributed by atoms with Crippen LogP contribution in [0.4, 0.5) is 11.4 Å². The third-order valence-electron chi connectivity index (χ3n) is 6.50. The molecular formula is C25H31N4O+. The van der Waals surface area contributed by atoms with Gasteiger partial charge in [0.05, 0.1) is 24.0 Å². The third kappa shape index (κ3) is 2.83. The molecular weight excluding hydrogens is 372 g/mol. The Hall–Kier alpha value is -2.79. The van der Waals surface area contributed by atoms with Gasteiger partial charge in [0.2, 0.25) is 5.52 Å². The molecule has 0 radical (unpaired) electrons. The first-order valence-electron chi connectivity index (χ1n) is 11.0. The molecule has 0 spiro atoms. The summed E-state index contributed by atoms with van der Waals surface area (Å²) in [6.45, 7) is 12.7. The summed E-state index contributed by atoms with van der Waals surface area (Å²) >= 11 is 0. The maximum absolute atomic E-state index is 6.41. The van der Waals surface area contributed by atoms with Gasteiger partial charge in [-0.3, -0.25) is 4.90 Å². The number of benzene rings is 2. The minimum atomic E-state index is -0.302. The van der Waals surface area contributed by atoms with E-state index >= 15 is 0 Å². The summed E-state index contributed by atoms with van der Waals surface area (Å²) in [5, 5.41) is 5.02. The van der Waals surface area contributed by atoms with Gasteiger partial charge in [0.25, 0.3) is 0 Å². The molecule has 3 heterocycles. The van der Waals surface area contributed by atoms with Gasteiger partial charge in [-0.05, 0) is 45.2 Å². The van der Waals surface area contributed by atoms with Crippen molar-refractivity contribution in [2.75, 3.05) is 31.6 Å². The second-order valence-corrected chi connectivity index (χ2v) is 8.81. The molecule has 0 fully saturated rings. The molecule has 0 atom stereocenters. The average molecular weight is 404 g/mol. The lowest BCUT2D eigenvalue weighted by Crippen LogP contribution is -2.42. The molecule has 5 heteroatoms. The van der Waals surface area contributed by atoms with Gasteiger partial charge >= 0.3 is 0 Å². The van der Waals surface area contributed by atoms with Crippen LogP contribution in [0, 0.1) is 0 Å². The Morgan fingerprint density at radius 3 is 2.70 bits per heavy atom. The van der Waals surface area contributed by atoms with Gasteiger partial charge in [-0.25, -0.2) is 0 Å². The summed E-state index contributed by atoms with van der Waals surface area (Å²) < 4.78 is 8.71. The number of rotatable bonds is 5. The van der Waals surface area contributed by atoms with Crippen LogP contribution in [0.5, 0.6) is 5.75 Å². The highest BCUT2D eigenvalue weighted by atomic mass is 16.5. The SMILES string of the molecule is CCN(CC)CC[n+]1[nH]c2c3c(c4c(cc31)OC(C)(C)C=C4)N(C)c1ccccc1-2. The lowest BCUT2D eigenvalue weighted by atomic mass is 9.93. The van der Waals surface area contributed by atoms with Crippen LogP contribution in [-0.4, -0.2) is 42.3 Å². The van der Waals surface area contributed by atoms with Gasteiger partial charge in [-0.2, -0.15) is 5.10 Å². The van der Waals surface area contributed by atoms with Crippen molar-refractivity contribution in [3.63, 3.8) is 0 Å². The van der Waals surface area contributed by atoms with Crippen LogP contribution in [0.3, 0.4) is 0 Å². The number of aromatic amines is 1. The Kier molecular flexibility index (Phi) is 4.40. The first-order valence-corrected chi connectivity index (χ1v) is 11.0. The van der Waals surface area contributed by atoms with E-state index in [1.807, 2.05) is 0 Å². The molecule has 2 aliphatic heterocycles. The van der Waals surface area contributed by atoms with Gasteiger partial charge in [0, 0.05) is 18.2 Å². The highest BCUT2D eigenvalue weighted by Crippen LogP contribution is 2.51. The van der Waals surface area contributed by atoms with E-state index in [9.17, 15) is 0 Å². The van der Waals surface area contributed by atoms with Crippen molar-refractivity contribution in [1.82, 2.24) is 10.00 Å². The molecule has 1 N–H and O–H groups in total. The summed E-state index contributed by atoms with van der Waals surface area (Å²) in [6.07, 6.45) is 4.39. The van der Waals surface area contributed by atoms with Crippen LogP contribution in [0.25, 0.3) is 28.2 Å². The Bertz CT molecular complexity index is 1150. The number of H-pyrrole nitrogens is 1. The van der Waals surface area contributed by atoms with Crippen molar-refractivity contribution in [2.45, 2.75) is 39.8 Å². The molecule has 1 aromatic heterocycles. The number of anilines is 2. The van der Waals surface area contributed by atoms with E-state index in [-0.39, 0.29) is 5.60 Å². The molecule has 0 saturated heterocycles. The van der Waals surface area contributed by atoms with E-state index in [1.54, 1.807) is 0 Å². The van der Waals surface area contributed by atoms with E-state index in [2.05, 4.69) is 96.8 Å². The zero-order chi connectivity index (χ0) is 21.0. The number of hydrogen-bond acceptors (Lipinski definition) is 3. The second kappa shape index (κ2) is 6.88. The van der Waals surface area contributed by atoms with Gasteiger partial charge in [0.15, 0.2) is 6.54 Å². The first kappa shape index (κ1) is 19.2. The number of fused-ring (bicyclic) bond motifs is 4.